The van der Waals surface area contributed by atoms with Gasteiger partial charge < -0.3 is 5.32 Å². The van der Waals surface area contributed by atoms with E-state index in [1.54, 1.807) is 0 Å². The first-order chi connectivity index (χ1) is 12.3. The second-order valence-corrected chi connectivity index (χ2v) is 7.14. The molecule has 0 aliphatic carbocycles. The van der Waals surface area contributed by atoms with E-state index in [-0.39, 0.29) is 0 Å². The minimum atomic E-state index is 0.489. The fraction of sp³-hybridized carbons (Fsp3) is 0.400. The zero-order valence-electron chi connectivity index (χ0n) is 14.7. The zero-order chi connectivity index (χ0) is 17.1. The van der Waals surface area contributed by atoms with E-state index in [9.17, 15) is 0 Å². The molecule has 0 amide bonds. The molecule has 25 heavy (non-hydrogen) atoms. The SMILES string of the molecule is CC1CC(NCc2nnc3ccccn23)CN(Cc2ccccc2)C1. The molecule has 1 aliphatic rings. The summed E-state index contributed by atoms with van der Waals surface area (Å²) in [5.74, 6) is 1.67. The summed E-state index contributed by atoms with van der Waals surface area (Å²) in [5, 5.41) is 12.3. The molecule has 4 rings (SSSR count). The summed E-state index contributed by atoms with van der Waals surface area (Å²) in [6, 6.07) is 17.2. The van der Waals surface area contributed by atoms with Crippen LogP contribution in [-0.4, -0.2) is 38.6 Å². The molecule has 5 nitrogen and oxygen atoms in total. The molecule has 1 N–H and O–H groups in total. The maximum Gasteiger partial charge on any atom is 0.160 e. The quantitative estimate of drug-likeness (QED) is 0.779. The van der Waals surface area contributed by atoms with Gasteiger partial charge in [0.2, 0.25) is 0 Å². The predicted molar refractivity (Wildman–Crippen MR) is 99.1 cm³/mol. The monoisotopic (exact) mass is 335 g/mol. The predicted octanol–water partition coefficient (Wildman–Crippen LogP) is 2.73. The van der Waals surface area contributed by atoms with Crippen molar-refractivity contribution >= 4 is 5.65 Å². The number of likely N-dealkylation sites (tertiary alicyclic amines) is 1. The van der Waals surface area contributed by atoms with Gasteiger partial charge in [0.1, 0.15) is 0 Å². The average Bonchev–Trinajstić information content (AvgIpc) is 3.04. The highest BCUT2D eigenvalue weighted by Gasteiger charge is 2.24. The number of piperidine rings is 1. The second kappa shape index (κ2) is 7.33. The van der Waals surface area contributed by atoms with E-state index in [4.69, 9.17) is 0 Å². The third kappa shape index (κ3) is 3.89. The largest absolute Gasteiger partial charge is 0.306 e. The molecule has 0 bridgehead atoms. The molecule has 0 saturated carbocycles. The lowest BCUT2D eigenvalue weighted by atomic mass is 9.95. The van der Waals surface area contributed by atoms with Crippen LogP contribution in [0.3, 0.4) is 0 Å². The van der Waals surface area contributed by atoms with Crippen molar-refractivity contribution in [2.45, 2.75) is 32.5 Å². The van der Waals surface area contributed by atoms with E-state index in [0.717, 1.165) is 31.1 Å². The van der Waals surface area contributed by atoms with E-state index < -0.39 is 0 Å². The van der Waals surface area contributed by atoms with Crippen LogP contribution < -0.4 is 5.32 Å². The molecule has 2 unspecified atom stereocenters. The van der Waals surface area contributed by atoms with Crippen LogP contribution in [-0.2, 0) is 13.1 Å². The first-order valence-electron chi connectivity index (χ1n) is 9.06. The first-order valence-corrected chi connectivity index (χ1v) is 9.06. The van der Waals surface area contributed by atoms with Crippen LogP contribution >= 0.6 is 0 Å². The summed E-state index contributed by atoms with van der Waals surface area (Å²) >= 11 is 0. The lowest BCUT2D eigenvalue weighted by Gasteiger charge is -2.37. The van der Waals surface area contributed by atoms with Gasteiger partial charge in [0.05, 0.1) is 6.54 Å². The highest BCUT2D eigenvalue weighted by molar-refractivity contribution is 5.36. The summed E-state index contributed by atoms with van der Waals surface area (Å²) in [5.41, 5.74) is 2.29. The lowest BCUT2D eigenvalue weighted by Crippen LogP contribution is -2.48. The maximum absolute atomic E-state index is 4.32. The Morgan fingerprint density at radius 3 is 2.76 bits per heavy atom. The van der Waals surface area contributed by atoms with Crippen LogP contribution in [0.1, 0.15) is 24.7 Å². The molecule has 1 aliphatic heterocycles. The van der Waals surface area contributed by atoms with Crippen LogP contribution in [0.2, 0.25) is 0 Å². The van der Waals surface area contributed by atoms with Crippen LogP contribution in [0.15, 0.2) is 54.7 Å². The Morgan fingerprint density at radius 2 is 1.88 bits per heavy atom. The molecule has 0 radical (unpaired) electrons. The molecule has 1 fully saturated rings. The van der Waals surface area contributed by atoms with Crippen molar-refractivity contribution in [3.05, 3.63) is 66.1 Å². The highest BCUT2D eigenvalue weighted by atomic mass is 15.3. The van der Waals surface area contributed by atoms with Crippen LogP contribution in [0, 0.1) is 5.92 Å². The molecule has 3 aromatic rings. The van der Waals surface area contributed by atoms with Crippen molar-refractivity contribution in [3.63, 3.8) is 0 Å². The number of hydrogen-bond donors (Lipinski definition) is 1. The number of aromatic nitrogens is 3. The maximum atomic E-state index is 4.32. The molecule has 3 heterocycles. The molecule has 0 spiro atoms. The minimum Gasteiger partial charge on any atom is -0.306 e. The molecule has 2 aromatic heterocycles. The summed E-state index contributed by atoms with van der Waals surface area (Å²) < 4.78 is 2.06. The summed E-state index contributed by atoms with van der Waals surface area (Å²) in [6.45, 7) is 6.37. The van der Waals surface area contributed by atoms with Gasteiger partial charge in [0.15, 0.2) is 11.5 Å². The summed E-state index contributed by atoms with van der Waals surface area (Å²) in [6.07, 6.45) is 3.24. The normalized spacial score (nSPS) is 21.6. The highest BCUT2D eigenvalue weighted by Crippen LogP contribution is 2.19. The Morgan fingerprint density at radius 1 is 1.04 bits per heavy atom. The summed E-state index contributed by atoms with van der Waals surface area (Å²) in [7, 11) is 0. The van der Waals surface area contributed by atoms with Gasteiger partial charge in [0, 0.05) is 31.9 Å². The summed E-state index contributed by atoms with van der Waals surface area (Å²) in [4.78, 5) is 2.56. The first kappa shape index (κ1) is 16.2. The van der Waals surface area contributed by atoms with Crippen molar-refractivity contribution < 1.29 is 0 Å². The average molecular weight is 335 g/mol. The van der Waals surface area contributed by atoms with E-state index in [1.165, 1.54) is 18.5 Å². The second-order valence-electron chi connectivity index (χ2n) is 7.14. The van der Waals surface area contributed by atoms with Crippen molar-refractivity contribution in [2.75, 3.05) is 13.1 Å². The molecule has 1 saturated heterocycles. The Labute approximate surface area is 148 Å². The molecule has 1 aromatic carbocycles. The number of benzene rings is 1. The van der Waals surface area contributed by atoms with Crippen molar-refractivity contribution in [2.24, 2.45) is 5.92 Å². The van der Waals surface area contributed by atoms with Crippen LogP contribution in [0.25, 0.3) is 5.65 Å². The number of hydrogen-bond acceptors (Lipinski definition) is 4. The molecule has 130 valence electrons. The van der Waals surface area contributed by atoms with Gasteiger partial charge in [-0.1, -0.05) is 43.3 Å². The van der Waals surface area contributed by atoms with Gasteiger partial charge in [-0.3, -0.25) is 9.30 Å². The van der Waals surface area contributed by atoms with Crippen molar-refractivity contribution in [1.29, 1.82) is 0 Å². The van der Waals surface area contributed by atoms with Gasteiger partial charge in [-0.2, -0.15) is 0 Å². The Hall–Kier alpha value is -2.24. The van der Waals surface area contributed by atoms with Gasteiger partial charge >= 0.3 is 0 Å². The van der Waals surface area contributed by atoms with E-state index >= 15 is 0 Å². The zero-order valence-corrected chi connectivity index (χ0v) is 14.7. The standard InChI is InChI=1S/C20H25N5/c1-16-11-18(15-24(13-16)14-17-7-3-2-4-8-17)21-12-20-23-22-19-9-5-6-10-25(19)20/h2-10,16,18,21H,11-15H2,1H3. The fourth-order valence-corrected chi connectivity index (χ4v) is 3.83. The smallest absolute Gasteiger partial charge is 0.160 e. The fourth-order valence-electron chi connectivity index (χ4n) is 3.83. The lowest BCUT2D eigenvalue weighted by molar-refractivity contribution is 0.141. The Balaban J connectivity index is 1.38. The van der Waals surface area contributed by atoms with Crippen LogP contribution in [0.4, 0.5) is 0 Å². The minimum absolute atomic E-state index is 0.489. The number of nitrogens with one attached hydrogen (secondary N) is 1. The van der Waals surface area contributed by atoms with E-state index in [1.807, 2.05) is 24.4 Å². The number of fused-ring (bicyclic) bond motifs is 1. The Bertz CT molecular complexity index is 813. The molecule has 5 heteroatoms. The van der Waals surface area contributed by atoms with E-state index in [0.29, 0.717) is 12.0 Å². The van der Waals surface area contributed by atoms with Crippen LogP contribution in [0.5, 0.6) is 0 Å². The third-order valence-electron chi connectivity index (χ3n) is 4.92. The van der Waals surface area contributed by atoms with E-state index in [2.05, 4.69) is 62.1 Å². The topological polar surface area (TPSA) is 45.5 Å². The number of rotatable bonds is 5. The third-order valence-corrected chi connectivity index (χ3v) is 4.92. The van der Waals surface area contributed by atoms with Gasteiger partial charge in [-0.05, 0) is 30.0 Å². The van der Waals surface area contributed by atoms with Crippen molar-refractivity contribution in [1.82, 2.24) is 24.8 Å². The van der Waals surface area contributed by atoms with Gasteiger partial charge in [-0.15, -0.1) is 10.2 Å². The molecular formula is C20H25N5. The van der Waals surface area contributed by atoms with Crippen molar-refractivity contribution in [3.8, 4) is 0 Å². The molecule has 2 atom stereocenters. The number of pyridine rings is 1. The molecular weight excluding hydrogens is 310 g/mol. The number of nitrogens with zero attached hydrogens (tertiary/aromatic N) is 4. The van der Waals surface area contributed by atoms with Gasteiger partial charge in [-0.25, -0.2) is 0 Å². The van der Waals surface area contributed by atoms with Gasteiger partial charge in [0.25, 0.3) is 0 Å². The Kier molecular flexibility index (Phi) is 4.76.